The molecule has 5 aliphatic heterocycles. The molecule has 1 fully saturated rings. The van der Waals surface area contributed by atoms with E-state index in [2.05, 4.69) is 74.8 Å². The fourth-order valence-corrected chi connectivity index (χ4v) is 21.4. The van der Waals surface area contributed by atoms with Gasteiger partial charge in [-0.05, 0) is 48.9 Å². The van der Waals surface area contributed by atoms with Crippen molar-refractivity contribution >= 4 is 147 Å². The van der Waals surface area contributed by atoms with E-state index < -0.39 is 77.7 Å². The summed E-state index contributed by atoms with van der Waals surface area (Å²) in [5.41, 5.74) is 33.1. The summed E-state index contributed by atoms with van der Waals surface area (Å²) < 4.78 is 172. The number of aromatic amines is 5. The highest BCUT2D eigenvalue weighted by molar-refractivity contribution is 7.55. The molecule has 15 aromatic rings. The smallest absolute Gasteiger partial charge is 0.405 e. The number of methoxy groups -OCH3 is 1. The molecular formula is C83H101Cl2FN25O26P5. The number of benzene rings is 5. The molecule has 10 aromatic heterocycles. The highest BCUT2D eigenvalue weighted by Gasteiger charge is 2.39. The minimum absolute atomic E-state index is 0. The monoisotopic (exact) mass is 2110 g/mol. The van der Waals surface area contributed by atoms with Crippen molar-refractivity contribution in [2.24, 2.45) is 0 Å². The lowest BCUT2D eigenvalue weighted by Gasteiger charge is -2.30. The van der Waals surface area contributed by atoms with Crippen LogP contribution in [0.1, 0.15) is 75.6 Å². The zero-order valence-electron chi connectivity index (χ0n) is 72.6. The minimum Gasteiger partial charge on any atom is -0.495 e. The maximum Gasteiger partial charge on any atom is 0.405 e. The van der Waals surface area contributed by atoms with Gasteiger partial charge in [0.25, 0.3) is 27.8 Å². The number of H-pyrrole nitrogens is 5. The van der Waals surface area contributed by atoms with Gasteiger partial charge in [0.1, 0.15) is 23.6 Å². The first-order valence-electron chi connectivity index (χ1n) is 41.4. The number of para-hydroxylation sites is 3. The number of hydrogen-bond donors (Lipinski definition) is 10. The third-order valence-corrected chi connectivity index (χ3v) is 28.7. The van der Waals surface area contributed by atoms with Gasteiger partial charge in [0.05, 0.1) is 121 Å². The number of nitrogen functional groups attached to an aromatic ring is 5. The minimum atomic E-state index is -3.62. The fourth-order valence-electron chi connectivity index (χ4n) is 13.9. The second-order valence-corrected chi connectivity index (χ2v) is 40.7. The van der Waals surface area contributed by atoms with E-state index >= 15 is 0 Å². The Morgan fingerprint density at radius 1 is 0.401 bits per heavy atom. The van der Waals surface area contributed by atoms with E-state index in [0.717, 1.165) is 27.8 Å². The SMILES string of the molecule is C.C.C.C.COc1ccc(C2CCOP(=O)(COCCn3cnc4c(=O)[nH]c(N)nc43)O2)cc1Cl.Cc1ccc2c(c1)COP(=O)(COCCn1cnc3c(=O)[nH]c(N)nc31)O2.Nc1nc2c(ncn2CCOCP2(=O)OCc3cccc(Cl)c3O2)c(=O)[nH]1.Nc1nc2c(ncn2CCOCP2(=O)OCc3cccc(F)c3O2)c(=O)[nH]1.Nc1nc2c(ncn2CCOCP2(=O)OCc3ccccc3O2)c(=O)[nH]1. The molecular weight excluding hydrogens is 2010 g/mol. The van der Waals surface area contributed by atoms with Crippen LogP contribution in [-0.4, -0.2) is 176 Å². The van der Waals surface area contributed by atoms with Crippen LogP contribution in [0.3, 0.4) is 0 Å². The first-order chi connectivity index (χ1) is 66.3. The molecule has 760 valence electrons. The number of aromatic nitrogens is 20. The quantitative estimate of drug-likeness (QED) is 0.0169. The predicted molar refractivity (Wildman–Crippen MR) is 521 cm³/mol. The molecule has 0 saturated carbocycles. The summed E-state index contributed by atoms with van der Waals surface area (Å²) in [7, 11) is -15.7. The van der Waals surface area contributed by atoms with Crippen LogP contribution >= 0.6 is 61.2 Å². The van der Waals surface area contributed by atoms with Gasteiger partial charge >= 0.3 is 38.0 Å². The van der Waals surface area contributed by atoms with Gasteiger partial charge in [-0.3, -0.25) is 76.1 Å². The predicted octanol–water partition coefficient (Wildman–Crippen LogP) is 12.3. The van der Waals surface area contributed by atoms with Crippen LogP contribution in [0.25, 0.3) is 55.8 Å². The largest absolute Gasteiger partial charge is 0.495 e. The lowest BCUT2D eigenvalue weighted by molar-refractivity contribution is 0.0563. The molecule has 6 atom stereocenters. The average molecular weight is 2110 g/mol. The van der Waals surface area contributed by atoms with Crippen LogP contribution in [0, 0.1) is 12.7 Å². The van der Waals surface area contributed by atoms with Gasteiger partial charge < -0.3 is 103 Å². The van der Waals surface area contributed by atoms with Crippen molar-refractivity contribution in [3.8, 4) is 28.7 Å². The first kappa shape index (κ1) is 108. The third-order valence-electron chi connectivity index (χ3n) is 20.5. The molecule has 1 saturated heterocycles. The number of hydrogen-bond acceptors (Lipinski definition) is 41. The van der Waals surface area contributed by atoms with Crippen molar-refractivity contribution in [1.82, 2.24) is 97.6 Å². The van der Waals surface area contributed by atoms with Crippen LogP contribution in [0.4, 0.5) is 34.1 Å². The zero-order valence-corrected chi connectivity index (χ0v) is 78.6. The Bertz CT molecular complexity index is 7470. The summed E-state index contributed by atoms with van der Waals surface area (Å²) in [6.07, 6.45) is 6.27. The summed E-state index contributed by atoms with van der Waals surface area (Å²) in [5, 5.41) is 0.816. The van der Waals surface area contributed by atoms with Crippen LogP contribution in [0.5, 0.6) is 28.7 Å². The first-order valence-corrected chi connectivity index (χ1v) is 50.8. The van der Waals surface area contributed by atoms with Crippen molar-refractivity contribution in [2.45, 2.75) is 108 Å². The van der Waals surface area contributed by atoms with Gasteiger partial charge in [-0.2, -0.15) is 24.9 Å². The van der Waals surface area contributed by atoms with Gasteiger partial charge in [-0.25, -0.2) is 47.6 Å². The second kappa shape index (κ2) is 46.9. The molecule has 0 amide bonds. The Hall–Kier alpha value is -12.9. The van der Waals surface area contributed by atoms with Gasteiger partial charge in [0.15, 0.2) is 98.5 Å². The second-order valence-electron chi connectivity index (χ2n) is 30.3. The lowest BCUT2D eigenvalue weighted by atomic mass is 10.1. The molecule has 59 heteroatoms. The van der Waals surface area contributed by atoms with Crippen molar-refractivity contribution in [3.05, 3.63) is 230 Å². The van der Waals surface area contributed by atoms with E-state index in [9.17, 15) is 51.2 Å². The van der Waals surface area contributed by atoms with E-state index in [1.165, 1.54) is 50.9 Å². The van der Waals surface area contributed by atoms with Crippen LogP contribution < -0.4 is 79.3 Å². The zero-order chi connectivity index (χ0) is 97.2. The number of anilines is 5. The molecule has 142 heavy (non-hydrogen) atoms. The van der Waals surface area contributed by atoms with Crippen LogP contribution in [0.15, 0.2) is 153 Å². The molecule has 20 rings (SSSR count). The number of imidazole rings is 5. The molecule has 15 N–H and O–H groups in total. The highest BCUT2D eigenvalue weighted by atomic mass is 35.5. The Morgan fingerprint density at radius 2 is 0.746 bits per heavy atom. The normalized spacial score (nSPS) is 19.0. The topological polar surface area (TPSA) is 681 Å². The lowest BCUT2D eigenvalue weighted by Crippen LogP contribution is -2.17. The van der Waals surface area contributed by atoms with Crippen molar-refractivity contribution in [2.75, 3.05) is 107 Å². The van der Waals surface area contributed by atoms with E-state index in [1.54, 1.807) is 77.4 Å². The van der Waals surface area contributed by atoms with Crippen molar-refractivity contribution in [3.63, 3.8) is 0 Å². The summed E-state index contributed by atoms with van der Waals surface area (Å²) >= 11 is 12.3. The number of nitrogens with zero attached hydrogens (tertiary/aromatic N) is 15. The summed E-state index contributed by atoms with van der Waals surface area (Å²) in [6, 6.07) is 27.7. The Labute approximate surface area is 814 Å². The molecule has 6 unspecified atom stereocenters. The van der Waals surface area contributed by atoms with Gasteiger partial charge in [-0.1, -0.05) is 119 Å². The number of rotatable bonds is 27. The molecule has 0 bridgehead atoms. The molecule has 15 heterocycles. The van der Waals surface area contributed by atoms with Gasteiger partial charge in [0, 0.05) is 61.4 Å². The maximum atomic E-state index is 13.8. The summed E-state index contributed by atoms with van der Waals surface area (Å²) in [5.74, 6) is 1.33. The Morgan fingerprint density at radius 3 is 1.15 bits per heavy atom. The van der Waals surface area contributed by atoms with Gasteiger partial charge in [0.2, 0.25) is 29.7 Å². The summed E-state index contributed by atoms with van der Waals surface area (Å²) in [6.45, 7) is 5.28. The van der Waals surface area contributed by atoms with E-state index in [0.29, 0.717) is 99.4 Å². The molecule has 5 aliphatic rings. The van der Waals surface area contributed by atoms with Crippen molar-refractivity contribution in [1.29, 1.82) is 0 Å². The number of aryl methyl sites for hydroxylation is 1. The van der Waals surface area contributed by atoms with Gasteiger partial charge in [-0.15, -0.1) is 0 Å². The average Bonchev–Trinajstić information content (AvgIpc) is 1.43. The maximum absolute atomic E-state index is 13.8. The Balaban J connectivity index is 0.000000158. The summed E-state index contributed by atoms with van der Waals surface area (Å²) in [4.78, 5) is 111. The third kappa shape index (κ3) is 25.9. The number of halogens is 3. The van der Waals surface area contributed by atoms with E-state index in [4.69, 9.17) is 126 Å². The van der Waals surface area contributed by atoms with Crippen LogP contribution in [-0.2, 0) is 133 Å². The fraction of sp³-hybridized carbons (Fsp3) is 0.337. The van der Waals surface area contributed by atoms with Crippen molar-refractivity contribution < 1.29 is 101 Å². The number of nitrogens with one attached hydrogen (secondary N) is 5. The molecule has 0 spiro atoms. The number of nitrogens with two attached hydrogens (primary N) is 5. The number of ether oxygens (including phenoxy) is 6. The highest BCUT2D eigenvalue weighted by Crippen LogP contribution is 2.59. The molecule has 0 radical (unpaired) electrons. The standard InChI is InChI=1S/C18H21ClN5O6P.C16H18N5O5P.C15H15ClN5O5P.C15H15FN5O5P.C15H16N5O5P.4CH4/c1-27-14-3-2-11(8-12(14)19)13-4-6-29-31(26,30-13)10-28-7-5-24-9-21-15-16(24)22-18(20)23-17(15)25;1-10-2-3-12-11(6-10)7-25-27(23,26-12)9-24-5-4-21-8-18-13-14(21)19-16(17)20-15(13)22;2*16-10-3-1-2-9-6-25-27(23,26-12(9)10)8-24-5-4-21-7-18-11-13(21)19-15(17)20-14(11)22;16-15-18-13-12(14(21)19-15)17-8-20(13)5-6-23-9-26(22)24-7-10-3-1-2-4-11(10)25-26;;;;/h2-3,8-9,13H,4-7,10H2,1H3,(H3,20,22,23,25);2-3,6,8H,4-5,7,9H2,1H3,(H3,17,19,20,22);2*1-3,7H,4-6,8H2,(H3,17,19,20,22);1-4,8H,5-7,9H2,(H3,16,18,19,21);4*1H4. The van der Waals surface area contributed by atoms with E-state index in [1.807, 2.05) is 37.3 Å². The number of fused-ring (bicyclic) bond motifs is 9. The van der Waals surface area contributed by atoms with E-state index in [-0.39, 0.29) is 197 Å². The molecule has 51 nitrogen and oxygen atoms in total. The molecule has 5 aromatic carbocycles. The Kier molecular flexibility index (Phi) is 35.6. The molecule has 0 aliphatic carbocycles. The van der Waals surface area contributed by atoms with Crippen LogP contribution in [0.2, 0.25) is 10.0 Å².